The van der Waals surface area contributed by atoms with Gasteiger partial charge in [-0.15, -0.1) is 0 Å². The van der Waals surface area contributed by atoms with Gasteiger partial charge in [-0.1, -0.05) is 18.2 Å². The van der Waals surface area contributed by atoms with E-state index in [2.05, 4.69) is 5.32 Å². The van der Waals surface area contributed by atoms with Crippen LogP contribution in [0.5, 0.6) is 5.75 Å². The predicted molar refractivity (Wildman–Crippen MR) is 77.8 cm³/mol. The molecule has 4 nitrogen and oxygen atoms in total. The largest absolute Gasteiger partial charge is 0.483 e. The van der Waals surface area contributed by atoms with Gasteiger partial charge in [0.1, 0.15) is 5.75 Å². The van der Waals surface area contributed by atoms with E-state index >= 15 is 0 Å². The van der Waals surface area contributed by atoms with E-state index in [9.17, 15) is 9.90 Å². The lowest BCUT2D eigenvalue weighted by molar-refractivity contribution is -0.125. The van der Waals surface area contributed by atoms with E-state index in [4.69, 9.17) is 4.74 Å². The maximum atomic E-state index is 12.0. The Morgan fingerprint density at radius 3 is 2.50 bits per heavy atom. The van der Waals surface area contributed by atoms with Crippen LogP contribution in [0.2, 0.25) is 0 Å². The number of ether oxygens (including phenoxy) is 1. The van der Waals surface area contributed by atoms with E-state index in [-0.39, 0.29) is 19.1 Å². The number of carbonyl (C=O) groups is 1. The summed E-state index contributed by atoms with van der Waals surface area (Å²) in [6.07, 6.45) is 2.13. The second-order valence-electron chi connectivity index (χ2n) is 5.91. The van der Waals surface area contributed by atoms with Crippen molar-refractivity contribution in [2.75, 3.05) is 13.2 Å². The summed E-state index contributed by atoms with van der Waals surface area (Å²) in [6.45, 7) is 5.76. The van der Waals surface area contributed by atoms with Crippen LogP contribution in [0.3, 0.4) is 0 Å². The minimum atomic E-state index is -0.513. The Balaban J connectivity index is 1.92. The maximum Gasteiger partial charge on any atom is 0.258 e. The number of carbonyl (C=O) groups excluding carboxylic acids is 1. The second-order valence-corrected chi connectivity index (χ2v) is 5.91. The van der Waals surface area contributed by atoms with E-state index in [1.165, 1.54) is 0 Å². The van der Waals surface area contributed by atoms with Crippen molar-refractivity contribution in [2.24, 2.45) is 5.92 Å². The van der Waals surface area contributed by atoms with Gasteiger partial charge in [0.25, 0.3) is 5.91 Å². The van der Waals surface area contributed by atoms with Crippen molar-refractivity contribution < 1.29 is 14.6 Å². The van der Waals surface area contributed by atoms with E-state index in [0.717, 1.165) is 29.7 Å². The highest BCUT2D eigenvalue weighted by molar-refractivity contribution is 5.78. The lowest BCUT2D eigenvalue weighted by Crippen LogP contribution is -2.52. The Morgan fingerprint density at radius 2 is 2.00 bits per heavy atom. The third kappa shape index (κ3) is 3.31. The van der Waals surface area contributed by atoms with Crippen LogP contribution in [0.15, 0.2) is 18.2 Å². The van der Waals surface area contributed by atoms with E-state index < -0.39 is 5.54 Å². The zero-order chi connectivity index (χ0) is 14.8. The Kier molecular flexibility index (Phi) is 4.33. The summed E-state index contributed by atoms with van der Waals surface area (Å²) >= 11 is 0. The number of hydrogen-bond acceptors (Lipinski definition) is 3. The Labute approximate surface area is 120 Å². The molecule has 0 radical (unpaired) electrons. The molecule has 0 heterocycles. The molecule has 1 amide bonds. The SMILES string of the molecule is Cc1cccc(C)c1OCC(=O)NC(C)(CO)C1CC1. The topological polar surface area (TPSA) is 58.6 Å². The molecule has 0 spiro atoms. The first-order valence-electron chi connectivity index (χ1n) is 7.07. The van der Waals surface area contributed by atoms with Crippen molar-refractivity contribution in [3.63, 3.8) is 0 Å². The fourth-order valence-electron chi connectivity index (χ4n) is 2.51. The van der Waals surface area contributed by atoms with Crippen molar-refractivity contribution in [1.82, 2.24) is 5.32 Å². The molecule has 0 aromatic heterocycles. The molecule has 110 valence electrons. The van der Waals surface area contributed by atoms with Gasteiger partial charge in [0.2, 0.25) is 0 Å². The molecule has 1 aromatic rings. The lowest BCUT2D eigenvalue weighted by atomic mass is 9.97. The third-order valence-electron chi connectivity index (χ3n) is 3.99. The molecule has 2 rings (SSSR count). The lowest BCUT2D eigenvalue weighted by Gasteiger charge is -2.28. The zero-order valence-corrected chi connectivity index (χ0v) is 12.4. The highest BCUT2D eigenvalue weighted by Crippen LogP contribution is 2.39. The minimum absolute atomic E-state index is 0.0198. The van der Waals surface area contributed by atoms with Gasteiger partial charge in [-0.25, -0.2) is 0 Å². The Bertz CT molecular complexity index is 476. The van der Waals surface area contributed by atoms with Crippen molar-refractivity contribution in [1.29, 1.82) is 0 Å². The molecule has 0 aliphatic heterocycles. The van der Waals surface area contributed by atoms with Crippen LogP contribution >= 0.6 is 0 Å². The molecular weight excluding hydrogens is 254 g/mol. The fraction of sp³-hybridized carbons (Fsp3) is 0.562. The monoisotopic (exact) mass is 277 g/mol. The summed E-state index contributed by atoms with van der Waals surface area (Å²) in [6, 6.07) is 5.89. The summed E-state index contributed by atoms with van der Waals surface area (Å²) in [5.74, 6) is 0.965. The van der Waals surface area contributed by atoms with Crippen LogP contribution in [0.1, 0.15) is 30.9 Å². The van der Waals surface area contributed by atoms with Gasteiger partial charge in [-0.05, 0) is 50.7 Å². The van der Waals surface area contributed by atoms with Crippen LogP contribution in [0.4, 0.5) is 0 Å². The first-order valence-corrected chi connectivity index (χ1v) is 7.07. The van der Waals surface area contributed by atoms with Crippen LogP contribution in [-0.4, -0.2) is 29.8 Å². The number of rotatable bonds is 6. The number of para-hydroxylation sites is 1. The highest BCUT2D eigenvalue weighted by atomic mass is 16.5. The first-order chi connectivity index (χ1) is 9.46. The first kappa shape index (κ1) is 14.9. The van der Waals surface area contributed by atoms with Crippen molar-refractivity contribution in [3.8, 4) is 5.75 Å². The van der Waals surface area contributed by atoms with Gasteiger partial charge in [-0.3, -0.25) is 4.79 Å². The minimum Gasteiger partial charge on any atom is -0.483 e. The summed E-state index contributed by atoms with van der Waals surface area (Å²) in [7, 11) is 0. The molecule has 1 saturated carbocycles. The molecule has 20 heavy (non-hydrogen) atoms. The number of nitrogens with one attached hydrogen (secondary N) is 1. The van der Waals surface area contributed by atoms with Crippen LogP contribution < -0.4 is 10.1 Å². The molecule has 0 bridgehead atoms. The summed E-state index contributed by atoms with van der Waals surface area (Å²) in [5, 5.41) is 12.4. The molecule has 1 fully saturated rings. The van der Waals surface area contributed by atoms with Gasteiger partial charge >= 0.3 is 0 Å². The van der Waals surface area contributed by atoms with Gasteiger partial charge < -0.3 is 15.2 Å². The number of aliphatic hydroxyl groups excluding tert-OH is 1. The predicted octanol–water partition coefficient (Wildman–Crippen LogP) is 1.96. The number of hydrogen-bond donors (Lipinski definition) is 2. The molecule has 1 aliphatic carbocycles. The molecule has 0 saturated heterocycles. The van der Waals surface area contributed by atoms with Crippen molar-refractivity contribution in [3.05, 3.63) is 29.3 Å². The fourth-order valence-corrected chi connectivity index (χ4v) is 2.51. The van der Waals surface area contributed by atoms with Gasteiger partial charge in [0.15, 0.2) is 6.61 Å². The smallest absolute Gasteiger partial charge is 0.258 e. The molecule has 1 unspecified atom stereocenters. The van der Waals surface area contributed by atoms with Crippen LogP contribution in [-0.2, 0) is 4.79 Å². The van der Waals surface area contributed by atoms with Crippen LogP contribution in [0, 0.1) is 19.8 Å². The van der Waals surface area contributed by atoms with Gasteiger partial charge in [-0.2, -0.15) is 0 Å². The van der Waals surface area contributed by atoms with Crippen molar-refractivity contribution in [2.45, 2.75) is 39.2 Å². The number of benzene rings is 1. The Morgan fingerprint density at radius 1 is 1.40 bits per heavy atom. The van der Waals surface area contributed by atoms with Crippen LogP contribution in [0.25, 0.3) is 0 Å². The van der Waals surface area contributed by atoms with E-state index in [0.29, 0.717) is 5.92 Å². The normalized spacial score (nSPS) is 17.4. The standard InChI is InChI=1S/C16H23NO3/c1-11-5-4-6-12(2)15(11)20-9-14(19)17-16(3,10-18)13-7-8-13/h4-6,13,18H,7-10H2,1-3H3,(H,17,19). The van der Waals surface area contributed by atoms with Gasteiger partial charge in [0, 0.05) is 0 Å². The number of aryl methyl sites for hydroxylation is 2. The Hall–Kier alpha value is -1.55. The number of aliphatic hydroxyl groups is 1. The third-order valence-corrected chi connectivity index (χ3v) is 3.99. The van der Waals surface area contributed by atoms with Crippen molar-refractivity contribution >= 4 is 5.91 Å². The molecular formula is C16H23NO3. The molecule has 1 aromatic carbocycles. The summed E-state index contributed by atoms with van der Waals surface area (Å²) in [4.78, 5) is 12.0. The number of amides is 1. The molecule has 2 N–H and O–H groups in total. The molecule has 1 aliphatic rings. The summed E-state index contributed by atoms with van der Waals surface area (Å²) in [5.41, 5.74) is 1.52. The molecule has 4 heteroatoms. The zero-order valence-electron chi connectivity index (χ0n) is 12.4. The maximum absolute atomic E-state index is 12.0. The van der Waals surface area contributed by atoms with Gasteiger partial charge in [0.05, 0.1) is 12.1 Å². The quantitative estimate of drug-likeness (QED) is 0.835. The highest BCUT2D eigenvalue weighted by Gasteiger charge is 2.42. The molecule has 1 atom stereocenters. The second kappa shape index (κ2) is 5.83. The average Bonchev–Trinajstić information content (AvgIpc) is 3.22. The summed E-state index contributed by atoms with van der Waals surface area (Å²) < 4.78 is 5.63. The van der Waals surface area contributed by atoms with E-state index in [1.807, 2.05) is 39.0 Å². The van der Waals surface area contributed by atoms with E-state index in [1.54, 1.807) is 0 Å². The average molecular weight is 277 g/mol.